The van der Waals surface area contributed by atoms with Crippen molar-refractivity contribution in [1.29, 1.82) is 0 Å². The molecule has 18 heavy (non-hydrogen) atoms. The van der Waals surface area contributed by atoms with Crippen molar-refractivity contribution in [3.63, 3.8) is 0 Å². The summed E-state index contributed by atoms with van der Waals surface area (Å²) in [6, 6.07) is 8.62. The van der Waals surface area contributed by atoms with Crippen LogP contribution >= 0.6 is 11.6 Å². The second kappa shape index (κ2) is 4.94. The smallest absolute Gasteiger partial charge is 0.152 e. The summed E-state index contributed by atoms with van der Waals surface area (Å²) in [6.07, 6.45) is 3.71. The molecule has 0 saturated heterocycles. The molecule has 2 atom stereocenters. The van der Waals surface area contributed by atoms with Gasteiger partial charge in [0.25, 0.3) is 0 Å². The van der Waals surface area contributed by atoms with Gasteiger partial charge in [-0.2, -0.15) is 0 Å². The molecule has 1 fully saturated rings. The first-order valence-corrected chi connectivity index (χ1v) is 7.08. The molecule has 1 aromatic heterocycles. The van der Waals surface area contributed by atoms with Crippen LogP contribution in [0.25, 0.3) is 11.0 Å². The van der Waals surface area contributed by atoms with E-state index in [2.05, 4.69) is 24.4 Å². The highest BCUT2D eigenvalue weighted by Gasteiger charge is 2.30. The van der Waals surface area contributed by atoms with Crippen LogP contribution in [0, 0.1) is 0 Å². The van der Waals surface area contributed by atoms with Gasteiger partial charge in [-0.15, -0.1) is 0 Å². The summed E-state index contributed by atoms with van der Waals surface area (Å²) in [7, 11) is 0. The highest BCUT2D eigenvalue weighted by Crippen LogP contribution is 2.38. The van der Waals surface area contributed by atoms with Crippen LogP contribution in [-0.4, -0.2) is 12.6 Å². The van der Waals surface area contributed by atoms with Gasteiger partial charge in [-0.1, -0.05) is 37.1 Å². The van der Waals surface area contributed by atoms with E-state index in [4.69, 9.17) is 16.0 Å². The molecular weight excluding hydrogens is 246 g/mol. The van der Waals surface area contributed by atoms with E-state index in [0.29, 0.717) is 17.0 Å². The van der Waals surface area contributed by atoms with E-state index in [1.54, 1.807) is 0 Å². The summed E-state index contributed by atoms with van der Waals surface area (Å²) in [5, 5.41) is 5.38. The second-order valence-electron chi connectivity index (χ2n) is 5.01. The van der Waals surface area contributed by atoms with Crippen molar-refractivity contribution < 1.29 is 4.42 Å². The highest BCUT2D eigenvalue weighted by atomic mass is 35.5. The predicted octanol–water partition coefficient (Wildman–Crippen LogP) is 4.33. The molecule has 1 heterocycles. The number of rotatable bonds is 3. The van der Waals surface area contributed by atoms with E-state index < -0.39 is 0 Å². The van der Waals surface area contributed by atoms with Crippen LogP contribution in [0.5, 0.6) is 0 Å². The van der Waals surface area contributed by atoms with Gasteiger partial charge in [0, 0.05) is 17.3 Å². The van der Waals surface area contributed by atoms with Gasteiger partial charge in [0.1, 0.15) is 5.76 Å². The molecule has 2 aromatic rings. The summed E-state index contributed by atoms with van der Waals surface area (Å²) in [6.45, 7) is 3.17. The lowest BCUT2D eigenvalue weighted by atomic mass is 10.0. The minimum Gasteiger partial charge on any atom is -0.459 e. The lowest BCUT2D eigenvalue weighted by Gasteiger charge is -2.17. The van der Waals surface area contributed by atoms with Gasteiger partial charge in [0.2, 0.25) is 0 Å². The summed E-state index contributed by atoms with van der Waals surface area (Å²) >= 11 is 6.17. The van der Waals surface area contributed by atoms with Crippen molar-refractivity contribution in [2.75, 3.05) is 6.54 Å². The van der Waals surface area contributed by atoms with E-state index in [1.807, 2.05) is 12.1 Å². The van der Waals surface area contributed by atoms with Crippen LogP contribution in [0.1, 0.15) is 37.9 Å². The van der Waals surface area contributed by atoms with Crippen LogP contribution in [-0.2, 0) is 0 Å². The highest BCUT2D eigenvalue weighted by molar-refractivity contribution is 6.34. The average molecular weight is 264 g/mol. The number of nitrogens with one attached hydrogen (secondary N) is 1. The van der Waals surface area contributed by atoms with Gasteiger partial charge in [-0.05, 0) is 31.5 Å². The van der Waals surface area contributed by atoms with Crippen LogP contribution < -0.4 is 5.32 Å². The van der Waals surface area contributed by atoms with Crippen LogP contribution in [0.3, 0.4) is 0 Å². The Morgan fingerprint density at radius 1 is 1.39 bits per heavy atom. The molecule has 3 heteroatoms. The van der Waals surface area contributed by atoms with Crippen molar-refractivity contribution in [3.05, 3.63) is 35.0 Å². The fourth-order valence-corrected chi connectivity index (χ4v) is 3.26. The first-order valence-electron chi connectivity index (χ1n) is 6.71. The minimum atomic E-state index is 0.494. The van der Waals surface area contributed by atoms with Gasteiger partial charge in [0.05, 0.1) is 5.02 Å². The Kier molecular flexibility index (Phi) is 3.31. The molecule has 1 aliphatic carbocycles. The molecule has 0 aliphatic heterocycles. The molecule has 1 aliphatic rings. The Balaban J connectivity index is 1.96. The fraction of sp³-hybridized carbons (Fsp3) is 0.467. The van der Waals surface area contributed by atoms with Gasteiger partial charge >= 0.3 is 0 Å². The summed E-state index contributed by atoms with van der Waals surface area (Å²) in [5.41, 5.74) is 0.830. The summed E-state index contributed by atoms with van der Waals surface area (Å²) in [4.78, 5) is 0. The van der Waals surface area contributed by atoms with Crippen molar-refractivity contribution in [3.8, 4) is 0 Å². The first-order chi connectivity index (χ1) is 8.79. The number of likely N-dealkylation sites (N-methyl/N-ethyl adjacent to an activating group) is 1. The second-order valence-corrected chi connectivity index (χ2v) is 5.42. The van der Waals surface area contributed by atoms with E-state index in [9.17, 15) is 0 Å². The topological polar surface area (TPSA) is 25.2 Å². The lowest BCUT2D eigenvalue weighted by Crippen LogP contribution is -2.30. The molecule has 2 nitrogen and oxygen atoms in total. The Bertz CT molecular complexity index is 548. The monoisotopic (exact) mass is 263 g/mol. The number of benzene rings is 1. The minimum absolute atomic E-state index is 0.494. The SMILES string of the molecule is CCNC1CCCC1c1cc2cccc(Cl)c2o1. The lowest BCUT2D eigenvalue weighted by molar-refractivity contribution is 0.422. The molecule has 1 aromatic carbocycles. The maximum atomic E-state index is 6.17. The van der Waals surface area contributed by atoms with Crippen LogP contribution in [0.4, 0.5) is 0 Å². The average Bonchev–Trinajstić information content (AvgIpc) is 2.95. The molecule has 0 radical (unpaired) electrons. The first kappa shape index (κ1) is 12.1. The normalized spacial score (nSPS) is 23.9. The summed E-state index contributed by atoms with van der Waals surface area (Å²) in [5.74, 6) is 1.58. The number of para-hydroxylation sites is 1. The fourth-order valence-electron chi connectivity index (χ4n) is 3.04. The Morgan fingerprint density at radius 2 is 2.28 bits per heavy atom. The zero-order chi connectivity index (χ0) is 12.5. The molecule has 1 N–H and O–H groups in total. The van der Waals surface area contributed by atoms with Crippen molar-refractivity contribution in [2.45, 2.75) is 38.1 Å². The maximum Gasteiger partial charge on any atom is 0.152 e. The Morgan fingerprint density at radius 3 is 3.06 bits per heavy atom. The molecule has 2 unspecified atom stereocenters. The molecule has 3 rings (SSSR count). The third-order valence-corrected chi connectivity index (χ3v) is 4.16. The molecule has 0 amide bonds. The number of halogens is 1. The third-order valence-electron chi connectivity index (χ3n) is 3.86. The number of furan rings is 1. The molecule has 0 bridgehead atoms. The van der Waals surface area contributed by atoms with Crippen molar-refractivity contribution >= 4 is 22.6 Å². The van der Waals surface area contributed by atoms with E-state index in [1.165, 1.54) is 19.3 Å². The molecule has 0 spiro atoms. The van der Waals surface area contributed by atoms with Crippen LogP contribution in [0.2, 0.25) is 5.02 Å². The van der Waals surface area contributed by atoms with Gasteiger partial charge in [0.15, 0.2) is 5.58 Å². The quantitative estimate of drug-likeness (QED) is 0.892. The molecular formula is C15H18ClNO. The van der Waals surface area contributed by atoms with Crippen LogP contribution in [0.15, 0.2) is 28.7 Å². The van der Waals surface area contributed by atoms with Crippen molar-refractivity contribution in [1.82, 2.24) is 5.32 Å². The number of hydrogen-bond donors (Lipinski definition) is 1. The number of hydrogen-bond acceptors (Lipinski definition) is 2. The maximum absolute atomic E-state index is 6.17. The summed E-state index contributed by atoms with van der Waals surface area (Å²) < 4.78 is 5.99. The Hall–Kier alpha value is -0.990. The largest absolute Gasteiger partial charge is 0.459 e. The van der Waals surface area contributed by atoms with Gasteiger partial charge in [-0.25, -0.2) is 0 Å². The Labute approximate surface area is 112 Å². The number of fused-ring (bicyclic) bond motifs is 1. The van der Waals surface area contributed by atoms with E-state index >= 15 is 0 Å². The predicted molar refractivity (Wildman–Crippen MR) is 75.3 cm³/mol. The van der Waals surface area contributed by atoms with Gasteiger partial charge < -0.3 is 9.73 Å². The third kappa shape index (κ3) is 2.04. The zero-order valence-corrected chi connectivity index (χ0v) is 11.3. The molecule has 96 valence electrons. The zero-order valence-electron chi connectivity index (χ0n) is 10.6. The standard InChI is InChI=1S/C15H18ClNO/c1-2-17-13-8-4-6-11(13)14-9-10-5-3-7-12(16)15(10)18-14/h3,5,7,9,11,13,17H,2,4,6,8H2,1H3. The molecule has 1 saturated carbocycles. The van der Waals surface area contributed by atoms with Gasteiger partial charge in [-0.3, -0.25) is 0 Å². The van der Waals surface area contributed by atoms with E-state index in [-0.39, 0.29) is 0 Å². The van der Waals surface area contributed by atoms with Crippen molar-refractivity contribution in [2.24, 2.45) is 0 Å². The van der Waals surface area contributed by atoms with E-state index in [0.717, 1.165) is 23.3 Å².